The molecule has 0 radical (unpaired) electrons. The van der Waals surface area contributed by atoms with Crippen LogP contribution in [0.5, 0.6) is 0 Å². The summed E-state index contributed by atoms with van der Waals surface area (Å²) >= 11 is 0. The number of benzene rings is 2. The van der Waals surface area contributed by atoms with Crippen molar-refractivity contribution in [3.05, 3.63) is 80.5 Å². The fourth-order valence-electron chi connectivity index (χ4n) is 3.66. The molecule has 0 spiro atoms. The lowest BCUT2D eigenvalue weighted by Crippen LogP contribution is -2.01. The van der Waals surface area contributed by atoms with Gasteiger partial charge in [0.1, 0.15) is 0 Å². The molecular weight excluding hydrogens is 476 g/mol. The zero-order chi connectivity index (χ0) is 24.9. The van der Waals surface area contributed by atoms with Crippen molar-refractivity contribution < 1.29 is 16.8 Å². The number of azide groups is 2. The van der Waals surface area contributed by atoms with Crippen LogP contribution in [0, 0.1) is 11.8 Å². The summed E-state index contributed by atoms with van der Waals surface area (Å²) in [6.45, 7) is 0. The monoisotopic (exact) mass is 502 g/mol. The largest absolute Gasteiger partial charge is 0.224 e. The zero-order valence-corrected chi connectivity index (χ0v) is 20.5. The topological polar surface area (TPSA) is 166 Å². The van der Waals surface area contributed by atoms with Gasteiger partial charge in [0.25, 0.3) is 0 Å². The Morgan fingerprint density at radius 2 is 1.09 bits per heavy atom. The Balaban J connectivity index is 0.000000191. The van der Waals surface area contributed by atoms with Gasteiger partial charge in [-0.15, -0.1) is 0 Å². The lowest BCUT2D eigenvalue weighted by molar-refractivity contribution is 0.598. The summed E-state index contributed by atoms with van der Waals surface area (Å²) in [5.41, 5.74) is 18.7. The maximum absolute atomic E-state index is 11.4. The smallest absolute Gasteiger partial charge is 0.175 e. The van der Waals surface area contributed by atoms with Crippen LogP contribution in [0.2, 0.25) is 0 Å². The van der Waals surface area contributed by atoms with E-state index < -0.39 is 19.7 Å². The van der Waals surface area contributed by atoms with Gasteiger partial charge in [-0.1, -0.05) is 34.5 Å². The molecule has 2 unspecified atom stereocenters. The molecular formula is C22H26N6O4S2. The number of sulfone groups is 2. The predicted molar refractivity (Wildman–Crippen MR) is 128 cm³/mol. The molecule has 0 N–H and O–H groups in total. The molecule has 2 fully saturated rings. The molecule has 2 aromatic rings. The van der Waals surface area contributed by atoms with E-state index in [0.717, 1.165) is 36.8 Å². The molecule has 4 rings (SSSR count). The average molecular weight is 503 g/mol. The third kappa shape index (κ3) is 6.98. The lowest BCUT2D eigenvalue weighted by Gasteiger charge is -2.11. The number of hydrogen-bond donors (Lipinski definition) is 0. The molecule has 0 aliphatic heterocycles. The minimum atomic E-state index is -3.21. The molecule has 10 nitrogen and oxygen atoms in total. The fraction of sp³-hybridized carbons (Fsp3) is 0.455. The Hall–Kier alpha value is -3.04. The van der Waals surface area contributed by atoms with Crippen molar-refractivity contribution in [1.29, 1.82) is 0 Å². The summed E-state index contributed by atoms with van der Waals surface area (Å²) < 4.78 is 45.8. The molecule has 12 heteroatoms. The molecule has 180 valence electrons. The molecule has 0 heterocycles. The first-order chi connectivity index (χ1) is 16.0. The van der Waals surface area contributed by atoms with Crippen molar-refractivity contribution in [2.75, 3.05) is 12.5 Å². The van der Waals surface area contributed by atoms with E-state index in [1.165, 1.54) is 12.5 Å². The quantitative estimate of drug-likeness (QED) is 0.256. The molecule has 2 atom stereocenters. The fourth-order valence-corrected chi connectivity index (χ4v) is 5.01. The summed E-state index contributed by atoms with van der Waals surface area (Å²) in [4.78, 5) is 6.23. The summed E-state index contributed by atoms with van der Waals surface area (Å²) in [6.07, 6.45) is 6.48. The average Bonchev–Trinajstić information content (AvgIpc) is 3.69. The van der Waals surface area contributed by atoms with Gasteiger partial charge in [0, 0.05) is 22.3 Å². The van der Waals surface area contributed by atoms with Crippen LogP contribution in [0.1, 0.15) is 48.9 Å². The van der Waals surface area contributed by atoms with Gasteiger partial charge in [0.15, 0.2) is 19.7 Å². The van der Waals surface area contributed by atoms with Crippen LogP contribution >= 0.6 is 0 Å². The van der Waals surface area contributed by atoms with E-state index in [1.807, 2.05) is 12.1 Å². The Morgan fingerprint density at radius 1 is 0.735 bits per heavy atom. The number of nitrogens with zero attached hydrogens (tertiary/aromatic N) is 6. The maximum atomic E-state index is 11.4. The van der Waals surface area contributed by atoms with Gasteiger partial charge in [-0.25, -0.2) is 16.8 Å². The van der Waals surface area contributed by atoms with Gasteiger partial charge >= 0.3 is 0 Å². The van der Waals surface area contributed by atoms with E-state index in [1.54, 1.807) is 36.4 Å². The highest BCUT2D eigenvalue weighted by atomic mass is 32.2. The standard InChI is InChI=1S/2C11H13N3O2S/c2*1-17(15,16)10-4-2-3-9(7-10)11(13-14-12)8-5-6-8/h2*2-4,7-8,11H,5-6H2,1H3. The first-order valence-corrected chi connectivity index (χ1v) is 14.5. The van der Waals surface area contributed by atoms with Crippen molar-refractivity contribution >= 4 is 19.7 Å². The highest BCUT2D eigenvalue weighted by Crippen LogP contribution is 2.44. The Kier molecular flexibility index (Phi) is 7.89. The minimum absolute atomic E-state index is 0.235. The molecule has 2 aliphatic rings. The van der Waals surface area contributed by atoms with E-state index in [-0.39, 0.29) is 21.9 Å². The van der Waals surface area contributed by atoms with Crippen LogP contribution in [0.15, 0.2) is 68.6 Å². The summed E-state index contributed by atoms with van der Waals surface area (Å²) in [5.74, 6) is 0.724. The Bertz CT molecular complexity index is 1250. The van der Waals surface area contributed by atoms with Crippen molar-refractivity contribution in [2.45, 2.75) is 47.6 Å². The molecule has 2 saturated carbocycles. The molecule has 0 aromatic heterocycles. The summed E-state index contributed by atoms with van der Waals surface area (Å²) in [6, 6.07) is 12.8. The van der Waals surface area contributed by atoms with Crippen LogP contribution in [-0.2, 0) is 19.7 Å². The second kappa shape index (κ2) is 10.5. The summed E-state index contributed by atoms with van der Waals surface area (Å²) in [5, 5.41) is 7.53. The van der Waals surface area contributed by atoms with Crippen LogP contribution in [0.3, 0.4) is 0 Å². The van der Waals surface area contributed by atoms with Crippen molar-refractivity contribution in [3.63, 3.8) is 0 Å². The first-order valence-electron chi connectivity index (χ1n) is 10.7. The van der Waals surface area contributed by atoms with Gasteiger partial charge in [-0.3, -0.25) is 0 Å². The molecule has 2 aliphatic carbocycles. The van der Waals surface area contributed by atoms with Gasteiger partial charge < -0.3 is 0 Å². The van der Waals surface area contributed by atoms with Gasteiger partial charge in [0.2, 0.25) is 0 Å². The third-order valence-corrected chi connectivity index (χ3v) is 7.97. The highest BCUT2D eigenvalue weighted by molar-refractivity contribution is 7.91. The van der Waals surface area contributed by atoms with Gasteiger partial charge in [-0.2, -0.15) is 0 Å². The number of rotatable bonds is 8. The highest BCUT2D eigenvalue weighted by Gasteiger charge is 2.32. The third-order valence-electron chi connectivity index (χ3n) is 5.74. The normalized spacial score (nSPS) is 17.2. The molecule has 0 amide bonds. The van der Waals surface area contributed by atoms with E-state index in [2.05, 4.69) is 20.1 Å². The van der Waals surface area contributed by atoms with Gasteiger partial charge in [0.05, 0.1) is 21.9 Å². The Labute approximate surface area is 199 Å². The van der Waals surface area contributed by atoms with Crippen molar-refractivity contribution in [1.82, 2.24) is 0 Å². The molecule has 34 heavy (non-hydrogen) atoms. The molecule has 2 aromatic carbocycles. The van der Waals surface area contributed by atoms with Gasteiger partial charge in [-0.05, 0) is 84.0 Å². The van der Waals surface area contributed by atoms with Crippen LogP contribution in [0.25, 0.3) is 20.9 Å². The zero-order valence-electron chi connectivity index (χ0n) is 18.9. The summed E-state index contributed by atoms with van der Waals surface area (Å²) in [7, 11) is -6.43. The maximum Gasteiger partial charge on any atom is 0.175 e. The van der Waals surface area contributed by atoms with Crippen molar-refractivity contribution in [2.24, 2.45) is 22.1 Å². The second-order valence-electron chi connectivity index (χ2n) is 8.66. The van der Waals surface area contributed by atoms with Crippen LogP contribution in [0.4, 0.5) is 0 Å². The van der Waals surface area contributed by atoms with E-state index >= 15 is 0 Å². The number of hydrogen-bond acceptors (Lipinski definition) is 6. The predicted octanol–water partition coefficient (Wildman–Crippen LogP) is 5.70. The SMILES string of the molecule is CS(=O)(=O)c1cccc(C(N=[N+]=[N-])C2CC2)c1.CS(=O)(=O)c1cccc(C(N=[N+]=[N-])C2CC2)c1. The Morgan fingerprint density at radius 3 is 1.35 bits per heavy atom. The lowest BCUT2D eigenvalue weighted by atomic mass is 10.0. The minimum Gasteiger partial charge on any atom is -0.224 e. The van der Waals surface area contributed by atoms with E-state index in [9.17, 15) is 16.8 Å². The van der Waals surface area contributed by atoms with Crippen LogP contribution in [-0.4, -0.2) is 29.3 Å². The first kappa shape index (κ1) is 25.6. The van der Waals surface area contributed by atoms with E-state index in [0.29, 0.717) is 11.8 Å². The van der Waals surface area contributed by atoms with E-state index in [4.69, 9.17) is 11.1 Å². The molecule has 0 bridgehead atoms. The second-order valence-corrected chi connectivity index (χ2v) is 12.7. The van der Waals surface area contributed by atoms with Crippen LogP contribution < -0.4 is 0 Å². The molecule has 0 saturated heterocycles. The van der Waals surface area contributed by atoms with Crippen molar-refractivity contribution in [3.8, 4) is 0 Å².